The van der Waals surface area contributed by atoms with Crippen molar-refractivity contribution in [3.63, 3.8) is 0 Å². The van der Waals surface area contributed by atoms with Crippen molar-refractivity contribution < 1.29 is 9.90 Å². The Kier molecular flexibility index (Phi) is 3.44. The van der Waals surface area contributed by atoms with Gasteiger partial charge in [0.15, 0.2) is 0 Å². The summed E-state index contributed by atoms with van der Waals surface area (Å²) in [4.78, 5) is 17.7. The summed E-state index contributed by atoms with van der Waals surface area (Å²) in [6.07, 6.45) is 4.32. The van der Waals surface area contributed by atoms with Gasteiger partial charge in [-0.05, 0) is 50.6 Å². The smallest absolute Gasteiger partial charge is 0.335 e. The van der Waals surface area contributed by atoms with Gasteiger partial charge in [-0.3, -0.25) is 0 Å². The maximum atomic E-state index is 11.0. The summed E-state index contributed by atoms with van der Waals surface area (Å²) in [5.41, 5.74) is 2.07. The molecule has 1 N–H and O–H groups in total. The minimum Gasteiger partial charge on any atom is -0.478 e. The molecule has 1 aliphatic rings. The molecule has 1 fully saturated rings. The Bertz CT molecular complexity index is 635. The Morgan fingerprint density at radius 1 is 1.50 bits per heavy atom. The van der Waals surface area contributed by atoms with E-state index >= 15 is 0 Å². The van der Waals surface area contributed by atoms with Crippen LogP contribution in [0.3, 0.4) is 0 Å². The number of fused-ring (bicyclic) bond motifs is 1. The summed E-state index contributed by atoms with van der Waals surface area (Å²) in [5, 5.41) is 9.00. The zero-order valence-corrected chi connectivity index (χ0v) is 11.6. The van der Waals surface area contributed by atoms with Crippen LogP contribution in [0.4, 0.5) is 0 Å². The Morgan fingerprint density at radius 3 is 3.10 bits per heavy atom. The fourth-order valence-corrected chi connectivity index (χ4v) is 3.04. The maximum absolute atomic E-state index is 11.0. The Morgan fingerprint density at radius 2 is 2.35 bits per heavy atom. The lowest BCUT2D eigenvalue weighted by Crippen LogP contribution is -2.33. The Hall–Kier alpha value is -1.88. The Labute approximate surface area is 117 Å². The number of piperidine rings is 1. The minimum absolute atomic E-state index is 0.292. The molecule has 1 aliphatic heterocycles. The molecule has 5 nitrogen and oxygen atoms in total. The fraction of sp³-hybridized carbons (Fsp3) is 0.467. The van der Waals surface area contributed by atoms with Crippen molar-refractivity contribution in [3.8, 4) is 0 Å². The standard InChI is InChI=1S/C15H19N3O2/c1-17-6-2-3-11(8-17)9-18-10-16-13-7-12(15(19)20)4-5-14(13)18/h4-5,7,10-11H,2-3,6,8-9H2,1H3,(H,19,20). The highest BCUT2D eigenvalue weighted by Gasteiger charge is 2.18. The van der Waals surface area contributed by atoms with Gasteiger partial charge in [0.25, 0.3) is 0 Å². The number of aromatic nitrogens is 2. The number of aromatic carboxylic acids is 1. The van der Waals surface area contributed by atoms with Crippen molar-refractivity contribution in [1.82, 2.24) is 14.5 Å². The third-order valence-electron chi connectivity index (χ3n) is 4.04. The molecular formula is C15H19N3O2. The van der Waals surface area contributed by atoms with Crippen LogP contribution in [0.1, 0.15) is 23.2 Å². The molecule has 0 bridgehead atoms. The Balaban J connectivity index is 1.83. The van der Waals surface area contributed by atoms with Crippen LogP contribution in [0.5, 0.6) is 0 Å². The number of carbonyl (C=O) groups is 1. The molecule has 3 rings (SSSR count). The maximum Gasteiger partial charge on any atom is 0.335 e. The molecule has 0 radical (unpaired) electrons. The number of benzene rings is 1. The molecule has 1 atom stereocenters. The van der Waals surface area contributed by atoms with Gasteiger partial charge in [-0.25, -0.2) is 9.78 Å². The van der Waals surface area contributed by atoms with E-state index in [2.05, 4.69) is 21.5 Å². The number of likely N-dealkylation sites (tertiary alicyclic amines) is 1. The van der Waals surface area contributed by atoms with Crippen molar-refractivity contribution in [3.05, 3.63) is 30.1 Å². The molecule has 0 spiro atoms. The second-order valence-electron chi connectivity index (χ2n) is 5.68. The lowest BCUT2D eigenvalue weighted by molar-refractivity contribution is 0.0697. The third kappa shape index (κ3) is 2.54. The van der Waals surface area contributed by atoms with Crippen LogP contribution in [0.25, 0.3) is 11.0 Å². The van der Waals surface area contributed by atoms with Gasteiger partial charge in [0.05, 0.1) is 22.9 Å². The highest BCUT2D eigenvalue weighted by molar-refractivity contribution is 5.92. The number of carboxylic acids is 1. The molecule has 2 aromatic rings. The first-order valence-electron chi connectivity index (χ1n) is 7.00. The summed E-state index contributed by atoms with van der Waals surface area (Å²) in [6, 6.07) is 5.15. The number of imidazole rings is 1. The molecule has 0 saturated carbocycles. The first-order chi connectivity index (χ1) is 9.63. The topological polar surface area (TPSA) is 58.4 Å². The van der Waals surface area contributed by atoms with Crippen LogP contribution < -0.4 is 0 Å². The van der Waals surface area contributed by atoms with Gasteiger partial charge in [-0.15, -0.1) is 0 Å². The molecule has 20 heavy (non-hydrogen) atoms. The molecular weight excluding hydrogens is 254 g/mol. The molecule has 0 amide bonds. The summed E-state index contributed by atoms with van der Waals surface area (Å²) < 4.78 is 2.14. The van der Waals surface area contributed by atoms with E-state index in [-0.39, 0.29) is 0 Å². The monoisotopic (exact) mass is 273 g/mol. The summed E-state index contributed by atoms with van der Waals surface area (Å²) >= 11 is 0. The van der Waals surface area contributed by atoms with Crippen LogP contribution in [0, 0.1) is 5.92 Å². The number of hydrogen-bond donors (Lipinski definition) is 1. The van der Waals surface area contributed by atoms with E-state index in [0.29, 0.717) is 11.5 Å². The molecule has 1 saturated heterocycles. The first kappa shape index (κ1) is 13.1. The normalized spacial score (nSPS) is 20.4. The van der Waals surface area contributed by atoms with Crippen molar-refractivity contribution in [2.75, 3.05) is 20.1 Å². The second-order valence-corrected chi connectivity index (χ2v) is 5.68. The number of rotatable bonds is 3. The van der Waals surface area contributed by atoms with E-state index in [1.165, 1.54) is 19.4 Å². The molecule has 5 heteroatoms. The highest BCUT2D eigenvalue weighted by Crippen LogP contribution is 2.21. The van der Waals surface area contributed by atoms with Gasteiger partial charge in [-0.2, -0.15) is 0 Å². The molecule has 2 heterocycles. The molecule has 1 aromatic heterocycles. The van der Waals surface area contributed by atoms with E-state index in [0.717, 1.165) is 24.1 Å². The highest BCUT2D eigenvalue weighted by atomic mass is 16.4. The van der Waals surface area contributed by atoms with Gasteiger partial charge >= 0.3 is 5.97 Å². The molecule has 1 unspecified atom stereocenters. The number of nitrogens with zero attached hydrogens (tertiary/aromatic N) is 3. The van der Waals surface area contributed by atoms with E-state index in [1.54, 1.807) is 12.1 Å². The zero-order chi connectivity index (χ0) is 14.1. The van der Waals surface area contributed by atoms with E-state index < -0.39 is 5.97 Å². The van der Waals surface area contributed by atoms with E-state index in [1.807, 2.05) is 12.4 Å². The van der Waals surface area contributed by atoms with Crippen LogP contribution in [-0.2, 0) is 6.54 Å². The number of hydrogen-bond acceptors (Lipinski definition) is 3. The van der Waals surface area contributed by atoms with Crippen molar-refractivity contribution in [1.29, 1.82) is 0 Å². The fourth-order valence-electron chi connectivity index (χ4n) is 3.04. The largest absolute Gasteiger partial charge is 0.478 e. The van der Waals surface area contributed by atoms with E-state index in [4.69, 9.17) is 5.11 Å². The van der Waals surface area contributed by atoms with Crippen LogP contribution >= 0.6 is 0 Å². The average molecular weight is 273 g/mol. The number of carboxylic acid groups (broad SMARTS) is 1. The molecule has 1 aromatic carbocycles. The zero-order valence-electron chi connectivity index (χ0n) is 11.6. The summed E-state index contributed by atoms with van der Waals surface area (Å²) in [7, 11) is 2.16. The van der Waals surface area contributed by atoms with Crippen molar-refractivity contribution in [2.24, 2.45) is 5.92 Å². The van der Waals surface area contributed by atoms with Crippen molar-refractivity contribution in [2.45, 2.75) is 19.4 Å². The van der Waals surface area contributed by atoms with Gasteiger partial charge in [0.2, 0.25) is 0 Å². The van der Waals surface area contributed by atoms with Crippen LogP contribution in [0.15, 0.2) is 24.5 Å². The van der Waals surface area contributed by atoms with Crippen LogP contribution in [-0.4, -0.2) is 45.7 Å². The lowest BCUT2D eigenvalue weighted by Gasteiger charge is -2.29. The van der Waals surface area contributed by atoms with Gasteiger partial charge in [-0.1, -0.05) is 0 Å². The predicted octanol–water partition coefficient (Wildman–Crippen LogP) is 2.08. The van der Waals surface area contributed by atoms with Crippen molar-refractivity contribution >= 4 is 17.0 Å². The molecule has 0 aliphatic carbocycles. The van der Waals surface area contributed by atoms with Crippen LogP contribution in [0.2, 0.25) is 0 Å². The molecule has 106 valence electrons. The third-order valence-corrected chi connectivity index (χ3v) is 4.04. The van der Waals surface area contributed by atoms with Gasteiger partial charge in [0.1, 0.15) is 0 Å². The second kappa shape index (κ2) is 5.25. The SMILES string of the molecule is CN1CCCC(Cn2cnc3cc(C(=O)O)ccc32)C1. The quantitative estimate of drug-likeness (QED) is 0.930. The predicted molar refractivity (Wildman–Crippen MR) is 76.9 cm³/mol. The van der Waals surface area contributed by atoms with Gasteiger partial charge < -0.3 is 14.6 Å². The lowest BCUT2D eigenvalue weighted by atomic mass is 9.98. The average Bonchev–Trinajstić information content (AvgIpc) is 2.81. The summed E-state index contributed by atoms with van der Waals surface area (Å²) in [6.45, 7) is 3.25. The minimum atomic E-state index is -0.907. The van der Waals surface area contributed by atoms with Gasteiger partial charge in [0, 0.05) is 13.1 Å². The first-order valence-corrected chi connectivity index (χ1v) is 7.00. The summed E-state index contributed by atoms with van der Waals surface area (Å²) in [5.74, 6) is -0.263. The van der Waals surface area contributed by atoms with E-state index in [9.17, 15) is 4.79 Å².